The van der Waals surface area contributed by atoms with Gasteiger partial charge >= 0.3 is 0 Å². The summed E-state index contributed by atoms with van der Waals surface area (Å²) in [5.41, 5.74) is 2.18. The first-order valence-corrected chi connectivity index (χ1v) is 6.32. The largest absolute Gasteiger partial charge is 0.383 e. The van der Waals surface area contributed by atoms with Crippen molar-refractivity contribution >= 4 is 0 Å². The number of hydrogen-bond donors (Lipinski definition) is 1. The van der Waals surface area contributed by atoms with Gasteiger partial charge in [-0.2, -0.15) is 0 Å². The highest BCUT2D eigenvalue weighted by Gasteiger charge is 2.09. The van der Waals surface area contributed by atoms with E-state index in [0.29, 0.717) is 12.6 Å². The van der Waals surface area contributed by atoms with Crippen molar-refractivity contribution in [1.29, 1.82) is 0 Å². The van der Waals surface area contributed by atoms with Gasteiger partial charge in [0.25, 0.3) is 0 Å². The Morgan fingerprint density at radius 3 is 2.71 bits per heavy atom. The standard InChI is InChI=1S/C13H23N3O/c1-4-6-14-13(9-17-3)8-12-7-11(5-2)15-10-16-12/h7,10,13-14H,4-6,8-9H2,1-3H3. The first-order valence-electron chi connectivity index (χ1n) is 6.32. The third kappa shape index (κ3) is 5.24. The molecular formula is C13H23N3O. The molecule has 0 aliphatic carbocycles. The summed E-state index contributed by atoms with van der Waals surface area (Å²) in [4.78, 5) is 8.52. The Kier molecular flexibility index (Phi) is 6.74. The monoisotopic (exact) mass is 237 g/mol. The van der Waals surface area contributed by atoms with E-state index in [-0.39, 0.29) is 0 Å². The van der Waals surface area contributed by atoms with Crippen LogP contribution >= 0.6 is 0 Å². The molecule has 96 valence electrons. The molecule has 0 amide bonds. The molecule has 4 heteroatoms. The van der Waals surface area contributed by atoms with Gasteiger partial charge in [-0.05, 0) is 25.5 Å². The number of aryl methyl sites for hydroxylation is 1. The highest BCUT2D eigenvalue weighted by atomic mass is 16.5. The highest BCUT2D eigenvalue weighted by molar-refractivity contribution is 5.09. The van der Waals surface area contributed by atoms with Crippen molar-refractivity contribution in [2.75, 3.05) is 20.3 Å². The molecule has 0 spiro atoms. The summed E-state index contributed by atoms with van der Waals surface area (Å²) in [6.07, 6.45) is 4.62. The second kappa shape index (κ2) is 8.14. The maximum absolute atomic E-state index is 5.22. The molecule has 1 aromatic heterocycles. The molecular weight excluding hydrogens is 214 g/mol. The molecule has 0 aliphatic rings. The first-order chi connectivity index (χ1) is 8.30. The van der Waals surface area contributed by atoms with Gasteiger partial charge in [0.2, 0.25) is 0 Å². The van der Waals surface area contributed by atoms with E-state index in [1.165, 1.54) is 0 Å². The smallest absolute Gasteiger partial charge is 0.115 e. The number of hydrogen-bond acceptors (Lipinski definition) is 4. The van der Waals surface area contributed by atoms with Gasteiger partial charge in [-0.15, -0.1) is 0 Å². The van der Waals surface area contributed by atoms with Crippen molar-refractivity contribution in [2.24, 2.45) is 0 Å². The van der Waals surface area contributed by atoms with Crippen LogP contribution in [0.15, 0.2) is 12.4 Å². The number of nitrogens with zero attached hydrogens (tertiary/aromatic N) is 2. The number of rotatable bonds is 8. The fourth-order valence-corrected chi connectivity index (χ4v) is 1.74. The van der Waals surface area contributed by atoms with Crippen molar-refractivity contribution in [1.82, 2.24) is 15.3 Å². The van der Waals surface area contributed by atoms with Gasteiger partial charge in [0, 0.05) is 31.0 Å². The fourth-order valence-electron chi connectivity index (χ4n) is 1.74. The lowest BCUT2D eigenvalue weighted by molar-refractivity contribution is 0.165. The molecule has 4 nitrogen and oxygen atoms in total. The minimum absolute atomic E-state index is 0.333. The average molecular weight is 237 g/mol. The van der Waals surface area contributed by atoms with E-state index in [2.05, 4.69) is 35.2 Å². The van der Waals surface area contributed by atoms with Gasteiger partial charge in [-0.3, -0.25) is 0 Å². The van der Waals surface area contributed by atoms with Crippen LogP contribution in [0.1, 0.15) is 31.7 Å². The van der Waals surface area contributed by atoms with Crippen LogP contribution in [0.2, 0.25) is 0 Å². The molecule has 1 rings (SSSR count). The molecule has 1 aromatic rings. The Morgan fingerprint density at radius 1 is 1.29 bits per heavy atom. The maximum Gasteiger partial charge on any atom is 0.115 e. The molecule has 0 aliphatic heterocycles. The molecule has 1 heterocycles. The van der Waals surface area contributed by atoms with Crippen molar-refractivity contribution < 1.29 is 4.74 Å². The minimum Gasteiger partial charge on any atom is -0.383 e. The van der Waals surface area contributed by atoms with Gasteiger partial charge in [0.05, 0.1) is 6.61 Å². The Labute approximate surface area is 104 Å². The molecule has 1 N–H and O–H groups in total. The van der Waals surface area contributed by atoms with E-state index >= 15 is 0 Å². The van der Waals surface area contributed by atoms with E-state index in [1.54, 1.807) is 13.4 Å². The molecule has 17 heavy (non-hydrogen) atoms. The Hall–Kier alpha value is -1.00. The van der Waals surface area contributed by atoms with E-state index in [0.717, 1.165) is 37.2 Å². The Bertz CT molecular complexity index is 317. The fraction of sp³-hybridized carbons (Fsp3) is 0.692. The summed E-state index contributed by atoms with van der Waals surface area (Å²) >= 11 is 0. The topological polar surface area (TPSA) is 47.0 Å². The lowest BCUT2D eigenvalue weighted by Gasteiger charge is -2.17. The highest BCUT2D eigenvalue weighted by Crippen LogP contribution is 2.03. The third-order valence-corrected chi connectivity index (χ3v) is 2.65. The van der Waals surface area contributed by atoms with Crippen molar-refractivity contribution in [3.8, 4) is 0 Å². The van der Waals surface area contributed by atoms with Crippen LogP contribution in [0.25, 0.3) is 0 Å². The van der Waals surface area contributed by atoms with Crippen molar-refractivity contribution in [3.63, 3.8) is 0 Å². The molecule has 1 unspecified atom stereocenters. The van der Waals surface area contributed by atoms with E-state index in [9.17, 15) is 0 Å². The van der Waals surface area contributed by atoms with Gasteiger partial charge in [0.1, 0.15) is 6.33 Å². The summed E-state index contributed by atoms with van der Waals surface area (Å²) in [5, 5.41) is 3.47. The Balaban J connectivity index is 2.57. The van der Waals surface area contributed by atoms with Gasteiger partial charge in [0.15, 0.2) is 0 Å². The molecule has 0 aromatic carbocycles. The lowest BCUT2D eigenvalue weighted by atomic mass is 10.1. The van der Waals surface area contributed by atoms with Crippen LogP contribution in [0.4, 0.5) is 0 Å². The number of aromatic nitrogens is 2. The van der Waals surface area contributed by atoms with Crippen LogP contribution in [0, 0.1) is 0 Å². The van der Waals surface area contributed by atoms with Crippen LogP contribution < -0.4 is 5.32 Å². The summed E-state index contributed by atoms with van der Waals surface area (Å²) in [7, 11) is 1.73. The molecule has 0 saturated carbocycles. The summed E-state index contributed by atoms with van der Waals surface area (Å²) < 4.78 is 5.22. The normalized spacial score (nSPS) is 12.6. The lowest BCUT2D eigenvalue weighted by Crippen LogP contribution is -2.36. The number of nitrogens with one attached hydrogen (secondary N) is 1. The van der Waals surface area contributed by atoms with Crippen LogP contribution in [-0.4, -0.2) is 36.3 Å². The summed E-state index contributed by atoms with van der Waals surface area (Å²) in [5.74, 6) is 0. The van der Waals surface area contributed by atoms with Gasteiger partial charge < -0.3 is 10.1 Å². The molecule has 0 radical (unpaired) electrons. The van der Waals surface area contributed by atoms with Crippen molar-refractivity contribution in [3.05, 3.63) is 23.8 Å². The zero-order valence-corrected chi connectivity index (χ0v) is 11.1. The number of methoxy groups -OCH3 is 1. The quantitative estimate of drug-likeness (QED) is 0.746. The molecule has 1 atom stereocenters. The predicted octanol–water partition coefficient (Wildman–Crippen LogP) is 1.60. The predicted molar refractivity (Wildman–Crippen MR) is 69.1 cm³/mol. The number of ether oxygens (including phenoxy) is 1. The summed E-state index contributed by atoms with van der Waals surface area (Å²) in [6.45, 7) is 6.00. The zero-order valence-electron chi connectivity index (χ0n) is 11.1. The van der Waals surface area contributed by atoms with E-state index in [4.69, 9.17) is 4.74 Å². The minimum atomic E-state index is 0.333. The van der Waals surface area contributed by atoms with Crippen molar-refractivity contribution in [2.45, 2.75) is 39.2 Å². The third-order valence-electron chi connectivity index (χ3n) is 2.65. The van der Waals surface area contributed by atoms with Crippen LogP contribution in [0.5, 0.6) is 0 Å². The van der Waals surface area contributed by atoms with Crippen LogP contribution in [0.3, 0.4) is 0 Å². The molecule has 0 saturated heterocycles. The van der Waals surface area contributed by atoms with E-state index < -0.39 is 0 Å². The molecule has 0 bridgehead atoms. The van der Waals surface area contributed by atoms with Gasteiger partial charge in [-0.25, -0.2) is 9.97 Å². The zero-order chi connectivity index (χ0) is 12.5. The maximum atomic E-state index is 5.22. The second-order valence-corrected chi connectivity index (χ2v) is 4.16. The summed E-state index contributed by atoms with van der Waals surface area (Å²) in [6, 6.07) is 2.41. The SMILES string of the molecule is CCCNC(COC)Cc1cc(CC)ncn1. The molecule has 0 fully saturated rings. The first kappa shape index (κ1) is 14.1. The van der Waals surface area contributed by atoms with E-state index in [1.807, 2.05) is 0 Å². The average Bonchev–Trinajstić information content (AvgIpc) is 2.36. The second-order valence-electron chi connectivity index (χ2n) is 4.16. The van der Waals surface area contributed by atoms with Gasteiger partial charge in [-0.1, -0.05) is 13.8 Å². The Morgan fingerprint density at radius 2 is 2.06 bits per heavy atom. The van der Waals surface area contributed by atoms with Crippen LogP contribution in [-0.2, 0) is 17.6 Å².